The highest BCUT2D eigenvalue weighted by atomic mass is 19.1. The van der Waals surface area contributed by atoms with Crippen LogP contribution in [0.2, 0.25) is 0 Å². The summed E-state index contributed by atoms with van der Waals surface area (Å²) < 4.78 is 18.9. The maximum Gasteiger partial charge on any atom is 0.321 e. The van der Waals surface area contributed by atoms with Gasteiger partial charge in [-0.25, -0.2) is 9.18 Å². The molecule has 1 saturated heterocycles. The van der Waals surface area contributed by atoms with E-state index in [0.717, 1.165) is 18.9 Å². The molecule has 0 unspecified atom stereocenters. The number of urea groups is 1. The lowest BCUT2D eigenvalue weighted by Crippen LogP contribution is -2.33. The van der Waals surface area contributed by atoms with E-state index in [1.54, 1.807) is 4.90 Å². The Hall–Kier alpha value is -2.97. The van der Waals surface area contributed by atoms with Gasteiger partial charge in [0.05, 0.1) is 11.3 Å². The first-order chi connectivity index (χ1) is 13.9. The molecule has 0 atom stereocenters. The summed E-state index contributed by atoms with van der Waals surface area (Å²) in [6.45, 7) is 5.68. The summed E-state index contributed by atoms with van der Waals surface area (Å²) in [5.41, 5.74) is 0.386. The minimum absolute atomic E-state index is 0.0948. The van der Waals surface area contributed by atoms with Crippen LogP contribution in [-0.4, -0.2) is 46.6 Å². The maximum absolute atomic E-state index is 13.7. The van der Waals surface area contributed by atoms with Crippen molar-refractivity contribution in [1.82, 2.24) is 20.4 Å². The van der Waals surface area contributed by atoms with Crippen LogP contribution < -0.4 is 10.6 Å². The second-order valence-corrected chi connectivity index (χ2v) is 7.37. The van der Waals surface area contributed by atoms with Crippen LogP contribution in [0.5, 0.6) is 0 Å². The van der Waals surface area contributed by atoms with Crippen LogP contribution in [0.1, 0.15) is 61.1 Å². The number of carbonyl (C=O) groups is 2. The average molecular weight is 403 g/mol. The molecule has 0 spiro atoms. The van der Waals surface area contributed by atoms with E-state index in [1.165, 1.54) is 12.1 Å². The molecular weight excluding hydrogens is 377 g/mol. The van der Waals surface area contributed by atoms with Gasteiger partial charge < -0.3 is 20.1 Å². The highest BCUT2D eigenvalue weighted by Gasteiger charge is 2.20. The monoisotopic (exact) mass is 403 g/mol. The number of rotatable bonds is 7. The van der Waals surface area contributed by atoms with Crippen LogP contribution in [0.3, 0.4) is 0 Å². The summed E-state index contributed by atoms with van der Waals surface area (Å²) in [5.74, 6) is 0.375. The Morgan fingerprint density at radius 2 is 2.03 bits per heavy atom. The molecule has 0 bridgehead atoms. The lowest BCUT2D eigenvalue weighted by atomic mass is 10.1. The van der Waals surface area contributed by atoms with Crippen LogP contribution >= 0.6 is 0 Å². The van der Waals surface area contributed by atoms with E-state index >= 15 is 0 Å². The van der Waals surface area contributed by atoms with Crippen molar-refractivity contribution >= 4 is 17.6 Å². The third kappa shape index (κ3) is 5.52. The molecule has 1 aliphatic heterocycles. The Bertz CT molecular complexity index is 862. The van der Waals surface area contributed by atoms with Crippen molar-refractivity contribution in [3.63, 3.8) is 0 Å². The van der Waals surface area contributed by atoms with Gasteiger partial charge in [-0.2, -0.15) is 4.98 Å². The molecule has 0 aliphatic carbocycles. The van der Waals surface area contributed by atoms with Crippen molar-refractivity contribution in [2.45, 2.75) is 45.4 Å². The van der Waals surface area contributed by atoms with E-state index < -0.39 is 11.7 Å². The fraction of sp³-hybridized carbons (Fsp3) is 0.500. The van der Waals surface area contributed by atoms with E-state index in [-0.39, 0.29) is 17.5 Å². The first-order valence-corrected chi connectivity index (χ1v) is 9.90. The Balaban J connectivity index is 1.55. The third-order valence-electron chi connectivity index (χ3n) is 4.71. The Morgan fingerprint density at radius 3 is 2.72 bits per heavy atom. The number of amides is 3. The lowest BCUT2D eigenvalue weighted by Gasteiger charge is -2.18. The van der Waals surface area contributed by atoms with Gasteiger partial charge in [0.15, 0.2) is 5.82 Å². The summed E-state index contributed by atoms with van der Waals surface area (Å²) >= 11 is 0. The van der Waals surface area contributed by atoms with Crippen molar-refractivity contribution in [3.05, 3.63) is 41.3 Å². The standard InChI is InChI=1S/C20H26FN5O3/c1-13(2)18-24-17(29-25-18)6-5-9-22-19(27)15-12-14(21)7-8-16(15)23-20(28)26-10-3-4-11-26/h7-8,12-13H,3-6,9-11H2,1-2H3,(H,22,27)(H,23,28). The van der Waals surface area contributed by atoms with Crippen molar-refractivity contribution in [2.75, 3.05) is 25.0 Å². The summed E-state index contributed by atoms with van der Waals surface area (Å²) in [6, 6.07) is 3.48. The Kier molecular flexibility index (Phi) is 6.79. The molecule has 2 N–H and O–H groups in total. The van der Waals surface area contributed by atoms with Gasteiger partial charge >= 0.3 is 6.03 Å². The molecule has 0 saturated carbocycles. The van der Waals surface area contributed by atoms with Gasteiger partial charge in [-0.05, 0) is 37.5 Å². The SMILES string of the molecule is CC(C)c1noc(CCCNC(=O)c2cc(F)ccc2NC(=O)N2CCCC2)n1. The second kappa shape index (κ2) is 9.49. The molecule has 1 aromatic carbocycles. The molecule has 1 aliphatic rings. The van der Waals surface area contributed by atoms with E-state index in [1.807, 2.05) is 13.8 Å². The quantitative estimate of drug-likeness (QED) is 0.691. The van der Waals surface area contributed by atoms with Gasteiger partial charge in [0, 0.05) is 32.0 Å². The summed E-state index contributed by atoms with van der Waals surface area (Å²) in [6.07, 6.45) is 3.05. The normalized spacial score (nSPS) is 13.7. The molecule has 8 nitrogen and oxygen atoms in total. The number of hydrogen-bond acceptors (Lipinski definition) is 5. The van der Waals surface area contributed by atoms with Gasteiger partial charge in [-0.15, -0.1) is 0 Å². The number of aromatic nitrogens is 2. The Morgan fingerprint density at radius 1 is 1.28 bits per heavy atom. The predicted molar refractivity (Wildman–Crippen MR) is 105 cm³/mol. The highest BCUT2D eigenvalue weighted by Crippen LogP contribution is 2.19. The molecule has 156 valence electrons. The van der Waals surface area contributed by atoms with Crippen molar-refractivity contribution in [2.24, 2.45) is 0 Å². The molecule has 2 aromatic rings. The first kappa shape index (κ1) is 20.8. The van der Waals surface area contributed by atoms with Gasteiger partial charge in [0.25, 0.3) is 5.91 Å². The third-order valence-corrected chi connectivity index (χ3v) is 4.71. The second-order valence-electron chi connectivity index (χ2n) is 7.37. The van der Waals surface area contributed by atoms with Gasteiger partial charge in [-0.3, -0.25) is 4.79 Å². The fourth-order valence-corrected chi connectivity index (χ4v) is 3.07. The number of carbonyl (C=O) groups excluding carboxylic acids is 2. The average Bonchev–Trinajstić information content (AvgIpc) is 3.38. The first-order valence-electron chi connectivity index (χ1n) is 9.90. The number of benzene rings is 1. The number of aryl methyl sites for hydroxylation is 1. The number of nitrogens with one attached hydrogen (secondary N) is 2. The number of likely N-dealkylation sites (tertiary alicyclic amines) is 1. The van der Waals surface area contributed by atoms with Gasteiger partial charge in [0.2, 0.25) is 5.89 Å². The molecule has 0 radical (unpaired) electrons. The molecule has 29 heavy (non-hydrogen) atoms. The number of hydrogen-bond donors (Lipinski definition) is 2. The minimum atomic E-state index is -0.540. The largest absolute Gasteiger partial charge is 0.352 e. The van der Waals surface area contributed by atoms with Crippen LogP contribution in [-0.2, 0) is 6.42 Å². The van der Waals surface area contributed by atoms with Crippen molar-refractivity contribution in [1.29, 1.82) is 0 Å². The number of nitrogens with zero attached hydrogens (tertiary/aromatic N) is 3. The minimum Gasteiger partial charge on any atom is -0.352 e. The van der Waals surface area contributed by atoms with E-state index in [2.05, 4.69) is 20.8 Å². The highest BCUT2D eigenvalue weighted by molar-refractivity contribution is 6.03. The molecular formula is C20H26FN5O3. The fourth-order valence-electron chi connectivity index (χ4n) is 3.07. The zero-order valence-electron chi connectivity index (χ0n) is 16.7. The molecule has 9 heteroatoms. The predicted octanol–water partition coefficient (Wildman–Crippen LogP) is 3.32. The summed E-state index contributed by atoms with van der Waals surface area (Å²) in [7, 11) is 0. The summed E-state index contributed by atoms with van der Waals surface area (Å²) in [5, 5.41) is 9.36. The zero-order chi connectivity index (χ0) is 20.8. The van der Waals surface area contributed by atoms with Crippen LogP contribution in [0.15, 0.2) is 22.7 Å². The molecule has 1 aromatic heterocycles. The zero-order valence-corrected chi connectivity index (χ0v) is 16.7. The van der Waals surface area contributed by atoms with Crippen LogP contribution in [0.25, 0.3) is 0 Å². The number of halogens is 1. The lowest BCUT2D eigenvalue weighted by molar-refractivity contribution is 0.0953. The van der Waals surface area contributed by atoms with Crippen molar-refractivity contribution < 1.29 is 18.5 Å². The molecule has 2 heterocycles. The molecule has 1 fully saturated rings. The van der Waals surface area contributed by atoms with Crippen LogP contribution in [0.4, 0.5) is 14.9 Å². The molecule has 3 rings (SSSR count). The van der Waals surface area contributed by atoms with E-state index in [9.17, 15) is 14.0 Å². The Labute approximate surface area is 168 Å². The van der Waals surface area contributed by atoms with E-state index in [4.69, 9.17) is 4.52 Å². The smallest absolute Gasteiger partial charge is 0.321 e. The maximum atomic E-state index is 13.7. The van der Waals surface area contributed by atoms with Crippen molar-refractivity contribution in [3.8, 4) is 0 Å². The summed E-state index contributed by atoms with van der Waals surface area (Å²) in [4.78, 5) is 30.8. The topological polar surface area (TPSA) is 100 Å². The number of anilines is 1. The van der Waals surface area contributed by atoms with Gasteiger partial charge in [0.1, 0.15) is 5.82 Å². The molecule has 3 amide bonds. The van der Waals surface area contributed by atoms with Gasteiger partial charge in [-0.1, -0.05) is 19.0 Å². The van der Waals surface area contributed by atoms with E-state index in [0.29, 0.717) is 49.9 Å². The van der Waals surface area contributed by atoms with Crippen LogP contribution in [0, 0.1) is 5.82 Å².